The fraction of sp³-hybridized carbons (Fsp3) is 0.0625. The average Bonchev–Trinajstić information content (AvgIpc) is 2.43. The normalized spacial score (nSPS) is 10.4. The van der Waals surface area contributed by atoms with E-state index in [-0.39, 0.29) is 6.03 Å². The predicted octanol–water partition coefficient (Wildman–Crippen LogP) is 3.79. The third kappa shape index (κ3) is 4.32. The van der Waals surface area contributed by atoms with Gasteiger partial charge in [0.2, 0.25) is 0 Å². The first-order valence-corrected chi connectivity index (χ1v) is 6.10. The van der Waals surface area contributed by atoms with Crippen LogP contribution in [0.4, 0.5) is 10.5 Å². The molecule has 2 aromatic rings. The first kappa shape index (κ1) is 12.9. The minimum Gasteiger partial charge on any atom is -0.314 e. The van der Waals surface area contributed by atoms with Gasteiger partial charge in [0, 0.05) is 11.9 Å². The molecule has 0 heterocycles. The Hall–Kier alpha value is -2.55. The molecule has 19 heavy (non-hydrogen) atoms. The van der Waals surface area contributed by atoms with Gasteiger partial charge >= 0.3 is 6.03 Å². The Kier molecular flexibility index (Phi) is 4.34. The summed E-state index contributed by atoms with van der Waals surface area (Å²) < 4.78 is 0. The molecule has 0 radical (unpaired) electrons. The van der Waals surface area contributed by atoms with Crippen molar-refractivity contribution < 1.29 is 4.79 Å². The molecule has 0 aliphatic heterocycles. The van der Waals surface area contributed by atoms with Gasteiger partial charge in [0.25, 0.3) is 0 Å². The molecule has 0 aliphatic rings. The molecular weight excluding hydrogens is 236 g/mol. The van der Waals surface area contributed by atoms with Crippen molar-refractivity contribution in [3.63, 3.8) is 0 Å². The van der Waals surface area contributed by atoms with Crippen molar-refractivity contribution in [2.24, 2.45) is 0 Å². The third-order valence-electron chi connectivity index (χ3n) is 2.60. The predicted molar refractivity (Wildman–Crippen MR) is 78.8 cm³/mol. The number of amides is 2. The van der Waals surface area contributed by atoms with E-state index in [1.54, 1.807) is 6.20 Å². The minimum absolute atomic E-state index is 0.254. The summed E-state index contributed by atoms with van der Waals surface area (Å²) in [5.74, 6) is 0. The Morgan fingerprint density at radius 2 is 1.68 bits per heavy atom. The number of aryl methyl sites for hydroxylation is 1. The number of anilines is 1. The molecule has 0 spiro atoms. The molecule has 96 valence electrons. The van der Waals surface area contributed by atoms with Crippen molar-refractivity contribution >= 4 is 17.8 Å². The summed E-state index contributed by atoms with van der Waals surface area (Å²) >= 11 is 0. The van der Waals surface area contributed by atoms with Gasteiger partial charge in [-0.1, -0.05) is 48.0 Å². The van der Waals surface area contributed by atoms with Crippen LogP contribution >= 0.6 is 0 Å². The van der Waals surface area contributed by atoms with E-state index in [0.717, 1.165) is 16.8 Å². The van der Waals surface area contributed by atoms with Gasteiger partial charge < -0.3 is 10.6 Å². The third-order valence-corrected chi connectivity index (χ3v) is 2.60. The molecule has 2 N–H and O–H groups in total. The summed E-state index contributed by atoms with van der Waals surface area (Å²) in [4.78, 5) is 11.6. The van der Waals surface area contributed by atoms with Gasteiger partial charge in [0.1, 0.15) is 0 Å². The molecule has 3 nitrogen and oxygen atoms in total. The maximum atomic E-state index is 11.6. The van der Waals surface area contributed by atoms with Gasteiger partial charge in [-0.25, -0.2) is 4.79 Å². The van der Waals surface area contributed by atoms with Crippen molar-refractivity contribution in [1.82, 2.24) is 5.32 Å². The van der Waals surface area contributed by atoms with Crippen LogP contribution in [0.1, 0.15) is 11.1 Å². The van der Waals surface area contributed by atoms with Crippen LogP contribution < -0.4 is 10.6 Å². The molecule has 0 aromatic heterocycles. The lowest BCUT2D eigenvalue weighted by atomic mass is 10.2. The minimum atomic E-state index is -0.254. The zero-order chi connectivity index (χ0) is 13.5. The number of carbonyl (C=O) groups excluding carboxylic acids is 1. The Morgan fingerprint density at radius 1 is 1.00 bits per heavy atom. The van der Waals surface area contributed by atoms with Crippen LogP contribution in [0.25, 0.3) is 6.08 Å². The number of hydrogen-bond acceptors (Lipinski definition) is 1. The van der Waals surface area contributed by atoms with Gasteiger partial charge in [-0.05, 0) is 30.7 Å². The first-order valence-electron chi connectivity index (χ1n) is 6.10. The van der Waals surface area contributed by atoms with E-state index < -0.39 is 0 Å². The summed E-state index contributed by atoms with van der Waals surface area (Å²) in [6.07, 6.45) is 3.47. The van der Waals surface area contributed by atoms with E-state index in [0.29, 0.717) is 0 Å². The standard InChI is InChI=1S/C16H16N2O/c1-13-7-9-15(10-8-13)18-16(19)17-12-11-14-5-3-2-4-6-14/h2-12H,1H3,(H2,17,18,19)/b12-11+. The second-order valence-corrected chi connectivity index (χ2v) is 4.21. The summed E-state index contributed by atoms with van der Waals surface area (Å²) in [6, 6.07) is 17.2. The van der Waals surface area contributed by atoms with Crippen LogP contribution in [0.2, 0.25) is 0 Å². The van der Waals surface area contributed by atoms with E-state index in [4.69, 9.17) is 0 Å². The highest BCUT2D eigenvalue weighted by Gasteiger charge is 1.97. The Morgan fingerprint density at radius 3 is 2.37 bits per heavy atom. The van der Waals surface area contributed by atoms with E-state index in [1.807, 2.05) is 67.6 Å². The molecule has 2 amide bonds. The lowest BCUT2D eigenvalue weighted by Gasteiger charge is -2.04. The topological polar surface area (TPSA) is 41.1 Å². The molecule has 3 heteroatoms. The quantitative estimate of drug-likeness (QED) is 0.857. The van der Waals surface area contributed by atoms with E-state index >= 15 is 0 Å². The van der Waals surface area contributed by atoms with Gasteiger partial charge in [0.15, 0.2) is 0 Å². The highest BCUT2D eigenvalue weighted by molar-refractivity contribution is 5.90. The highest BCUT2D eigenvalue weighted by atomic mass is 16.2. The number of nitrogens with one attached hydrogen (secondary N) is 2. The zero-order valence-corrected chi connectivity index (χ0v) is 10.8. The molecule has 0 unspecified atom stereocenters. The SMILES string of the molecule is Cc1ccc(NC(=O)N/C=C/c2ccccc2)cc1. The van der Waals surface area contributed by atoms with Gasteiger partial charge in [-0.2, -0.15) is 0 Å². The number of benzene rings is 2. The van der Waals surface area contributed by atoms with Gasteiger partial charge in [-0.15, -0.1) is 0 Å². The number of rotatable bonds is 3. The second-order valence-electron chi connectivity index (χ2n) is 4.21. The number of hydrogen-bond donors (Lipinski definition) is 2. The van der Waals surface area contributed by atoms with Crippen LogP contribution in [0.3, 0.4) is 0 Å². The molecule has 2 aromatic carbocycles. The average molecular weight is 252 g/mol. The smallest absolute Gasteiger partial charge is 0.314 e. The second kappa shape index (κ2) is 6.40. The van der Waals surface area contributed by atoms with Crippen molar-refractivity contribution in [1.29, 1.82) is 0 Å². The maximum absolute atomic E-state index is 11.6. The largest absolute Gasteiger partial charge is 0.323 e. The van der Waals surface area contributed by atoms with Crippen LogP contribution in [-0.4, -0.2) is 6.03 Å². The van der Waals surface area contributed by atoms with Crippen LogP contribution in [0.5, 0.6) is 0 Å². The summed E-state index contributed by atoms with van der Waals surface area (Å²) in [5, 5.41) is 5.42. The molecule has 0 saturated carbocycles. The monoisotopic (exact) mass is 252 g/mol. The maximum Gasteiger partial charge on any atom is 0.323 e. The van der Waals surface area contributed by atoms with Crippen molar-refractivity contribution in [2.45, 2.75) is 6.92 Å². The molecule has 0 aliphatic carbocycles. The summed E-state index contributed by atoms with van der Waals surface area (Å²) in [6.45, 7) is 2.01. The Bertz CT molecular complexity index is 559. The van der Waals surface area contributed by atoms with Crippen molar-refractivity contribution in [3.8, 4) is 0 Å². The van der Waals surface area contributed by atoms with E-state index in [1.165, 1.54) is 0 Å². The summed E-state index contributed by atoms with van der Waals surface area (Å²) in [5.41, 5.74) is 2.98. The van der Waals surface area contributed by atoms with E-state index in [2.05, 4.69) is 10.6 Å². The molecule has 0 bridgehead atoms. The Balaban J connectivity index is 1.85. The van der Waals surface area contributed by atoms with E-state index in [9.17, 15) is 4.79 Å². The zero-order valence-electron chi connectivity index (χ0n) is 10.8. The molecule has 2 rings (SSSR count). The van der Waals surface area contributed by atoms with Crippen molar-refractivity contribution in [2.75, 3.05) is 5.32 Å². The fourth-order valence-electron chi connectivity index (χ4n) is 1.58. The number of carbonyl (C=O) groups is 1. The van der Waals surface area contributed by atoms with Crippen LogP contribution in [0.15, 0.2) is 60.8 Å². The highest BCUT2D eigenvalue weighted by Crippen LogP contribution is 2.08. The lowest BCUT2D eigenvalue weighted by molar-refractivity contribution is 0.255. The molecule has 0 atom stereocenters. The Labute approximate surface area is 113 Å². The molecular formula is C16H16N2O. The summed E-state index contributed by atoms with van der Waals surface area (Å²) in [7, 11) is 0. The molecule has 0 saturated heterocycles. The lowest BCUT2D eigenvalue weighted by Crippen LogP contribution is -2.23. The van der Waals surface area contributed by atoms with Crippen LogP contribution in [0, 0.1) is 6.92 Å². The molecule has 0 fully saturated rings. The van der Waals surface area contributed by atoms with Crippen LogP contribution in [-0.2, 0) is 0 Å². The van der Waals surface area contributed by atoms with Gasteiger partial charge in [0.05, 0.1) is 0 Å². The van der Waals surface area contributed by atoms with Crippen molar-refractivity contribution in [3.05, 3.63) is 71.9 Å². The van der Waals surface area contributed by atoms with Gasteiger partial charge in [-0.3, -0.25) is 0 Å². The fourth-order valence-corrected chi connectivity index (χ4v) is 1.58. The number of urea groups is 1. The first-order chi connectivity index (χ1) is 9.24.